The number of nitrogens with one attached hydrogen (secondary N) is 3. The molecule has 0 saturated carbocycles. The molecule has 0 aliphatic carbocycles. The van der Waals surface area contributed by atoms with Crippen molar-refractivity contribution in [3.05, 3.63) is 29.8 Å². The number of nitrogens with two attached hydrogens (primary N) is 1. The molecule has 0 aliphatic heterocycles. The minimum absolute atomic E-state index is 0.0436. The van der Waals surface area contributed by atoms with Crippen molar-refractivity contribution in [1.29, 1.82) is 0 Å². The van der Waals surface area contributed by atoms with Gasteiger partial charge in [0.05, 0.1) is 12.5 Å². The highest BCUT2D eigenvalue weighted by atomic mass is 16.3. The van der Waals surface area contributed by atoms with Gasteiger partial charge in [0.15, 0.2) is 0 Å². The Morgan fingerprint density at radius 1 is 1.09 bits per heavy atom. The second-order valence-electron chi connectivity index (χ2n) is 4.63. The first-order valence-electron chi connectivity index (χ1n) is 6.66. The lowest BCUT2D eigenvalue weighted by molar-refractivity contribution is -0.131. The number of hydrogen-bond acceptors (Lipinski definition) is 5. The molecule has 0 heterocycles. The highest BCUT2D eigenvalue weighted by molar-refractivity contribution is 5.92. The van der Waals surface area contributed by atoms with E-state index in [0.717, 1.165) is 0 Å². The zero-order valence-corrected chi connectivity index (χ0v) is 12.4. The van der Waals surface area contributed by atoms with Crippen LogP contribution in [0, 0.1) is 0 Å². The van der Waals surface area contributed by atoms with Crippen molar-refractivity contribution in [2.24, 2.45) is 5.73 Å². The Labute approximate surface area is 128 Å². The third-order valence-electron chi connectivity index (χ3n) is 3.04. The molecule has 0 saturated heterocycles. The van der Waals surface area contributed by atoms with E-state index in [1.165, 1.54) is 38.4 Å². The maximum atomic E-state index is 12.0. The average Bonchev–Trinajstić information content (AvgIpc) is 2.52. The molecule has 3 amide bonds. The van der Waals surface area contributed by atoms with Crippen LogP contribution in [0.3, 0.4) is 0 Å². The standard InChI is InChI=1S/C14H20N4O4/c1-16-11(20)7-10(15)13(21)18-12(14(22)17-2)8-3-5-9(19)6-4-8/h3-6,10,12,19H,7,15H2,1-2H3,(H,16,20)(H,17,22)(H,18,21)/t10-,12-/m1/s1. The fourth-order valence-corrected chi connectivity index (χ4v) is 1.76. The lowest BCUT2D eigenvalue weighted by Crippen LogP contribution is -2.47. The molecule has 0 aromatic heterocycles. The summed E-state index contributed by atoms with van der Waals surface area (Å²) in [6.45, 7) is 0. The van der Waals surface area contributed by atoms with Crippen molar-refractivity contribution in [3.63, 3.8) is 0 Å². The summed E-state index contributed by atoms with van der Waals surface area (Å²) in [5.41, 5.74) is 6.13. The van der Waals surface area contributed by atoms with E-state index in [-0.39, 0.29) is 18.1 Å². The number of benzene rings is 1. The van der Waals surface area contributed by atoms with Crippen molar-refractivity contribution < 1.29 is 19.5 Å². The third-order valence-corrected chi connectivity index (χ3v) is 3.04. The van der Waals surface area contributed by atoms with Crippen molar-refractivity contribution in [1.82, 2.24) is 16.0 Å². The smallest absolute Gasteiger partial charge is 0.246 e. The van der Waals surface area contributed by atoms with Crippen LogP contribution in [-0.4, -0.2) is 43.0 Å². The fraction of sp³-hybridized carbons (Fsp3) is 0.357. The first-order valence-corrected chi connectivity index (χ1v) is 6.66. The fourth-order valence-electron chi connectivity index (χ4n) is 1.76. The molecule has 0 fully saturated rings. The number of phenols is 1. The summed E-state index contributed by atoms with van der Waals surface area (Å²) in [6.07, 6.45) is -0.182. The van der Waals surface area contributed by atoms with Gasteiger partial charge >= 0.3 is 0 Å². The second-order valence-corrected chi connectivity index (χ2v) is 4.63. The van der Waals surface area contributed by atoms with Crippen LogP contribution in [-0.2, 0) is 14.4 Å². The van der Waals surface area contributed by atoms with E-state index in [4.69, 9.17) is 5.73 Å². The Morgan fingerprint density at radius 2 is 1.68 bits per heavy atom. The first-order chi connectivity index (χ1) is 10.4. The molecule has 1 rings (SSSR count). The number of phenolic OH excluding ortho intramolecular Hbond substituents is 1. The average molecular weight is 308 g/mol. The van der Waals surface area contributed by atoms with E-state index in [1.807, 2.05) is 0 Å². The molecule has 6 N–H and O–H groups in total. The number of aromatic hydroxyl groups is 1. The minimum Gasteiger partial charge on any atom is -0.508 e. The van der Waals surface area contributed by atoms with Gasteiger partial charge in [0, 0.05) is 14.1 Å². The van der Waals surface area contributed by atoms with Crippen molar-refractivity contribution in [2.75, 3.05) is 14.1 Å². The monoisotopic (exact) mass is 308 g/mol. The third kappa shape index (κ3) is 4.74. The van der Waals surface area contributed by atoms with Crippen LogP contribution < -0.4 is 21.7 Å². The Kier molecular flexibility index (Phi) is 6.33. The summed E-state index contributed by atoms with van der Waals surface area (Å²) in [5.74, 6) is -1.39. The Hall–Kier alpha value is -2.61. The molecule has 0 bridgehead atoms. The molecule has 0 radical (unpaired) electrons. The van der Waals surface area contributed by atoms with Crippen molar-refractivity contribution in [2.45, 2.75) is 18.5 Å². The van der Waals surface area contributed by atoms with Gasteiger partial charge in [0.25, 0.3) is 0 Å². The molecule has 1 aromatic carbocycles. The molecule has 0 aliphatic rings. The van der Waals surface area contributed by atoms with Crippen molar-refractivity contribution >= 4 is 17.7 Å². The number of hydrogen-bond donors (Lipinski definition) is 5. The molecule has 8 nitrogen and oxygen atoms in total. The zero-order valence-electron chi connectivity index (χ0n) is 12.4. The van der Waals surface area contributed by atoms with Crippen LogP contribution in [0.2, 0.25) is 0 Å². The van der Waals surface area contributed by atoms with Gasteiger partial charge in [-0.2, -0.15) is 0 Å². The molecule has 1 aromatic rings. The molecule has 0 unspecified atom stereocenters. The molecular weight excluding hydrogens is 288 g/mol. The van der Waals surface area contributed by atoms with Gasteiger partial charge in [-0.05, 0) is 17.7 Å². The number of likely N-dealkylation sites (N-methyl/N-ethyl adjacent to an activating group) is 1. The molecule has 8 heteroatoms. The normalized spacial score (nSPS) is 12.9. The summed E-state index contributed by atoms with van der Waals surface area (Å²) in [6, 6.07) is 3.81. The zero-order chi connectivity index (χ0) is 16.7. The van der Waals surface area contributed by atoms with Gasteiger partial charge in [0.1, 0.15) is 11.8 Å². The maximum Gasteiger partial charge on any atom is 0.246 e. The number of amides is 3. The summed E-state index contributed by atoms with van der Waals surface area (Å²) in [7, 11) is 2.88. The largest absolute Gasteiger partial charge is 0.508 e. The highest BCUT2D eigenvalue weighted by Crippen LogP contribution is 2.17. The van der Waals surface area contributed by atoms with Gasteiger partial charge < -0.3 is 26.8 Å². The molecule has 120 valence electrons. The number of carbonyl (C=O) groups excluding carboxylic acids is 3. The van der Waals surface area contributed by atoms with E-state index >= 15 is 0 Å². The lowest BCUT2D eigenvalue weighted by atomic mass is 10.0. The van der Waals surface area contributed by atoms with E-state index in [9.17, 15) is 19.5 Å². The molecule has 2 atom stereocenters. The predicted molar refractivity (Wildman–Crippen MR) is 79.7 cm³/mol. The lowest BCUT2D eigenvalue weighted by Gasteiger charge is -2.20. The van der Waals surface area contributed by atoms with Crippen molar-refractivity contribution in [3.8, 4) is 5.75 Å². The summed E-state index contributed by atoms with van der Waals surface area (Å²) >= 11 is 0. The summed E-state index contributed by atoms with van der Waals surface area (Å²) in [4.78, 5) is 35.2. The van der Waals surface area contributed by atoms with Gasteiger partial charge in [-0.15, -0.1) is 0 Å². The number of rotatable bonds is 6. The van der Waals surface area contributed by atoms with E-state index in [1.54, 1.807) is 0 Å². The SMILES string of the molecule is CNC(=O)C[C@@H](N)C(=O)N[C@@H](C(=O)NC)c1ccc(O)cc1. The van der Waals surface area contributed by atoms with Crippen LogP contribution in [0.25, 0.3) is 0 Å². The van der Waals surface area contributed by atoms with Crippen LogP contribution in [0.4, 0.5) is 0 Å². The molecule has 0 spiro atoms. The van der Waals surface area contributed by atoms with Crippen LogP contribution in [0.15, 0.2) is 24.3 Å². The predicted octanol–water partition coefficient (Wildman–Crippen LogP) is -1.24. The van der Waals surface area contributed by atoms with E-state index in [0.29, 0.717) is 5.56 Å². The number of carbonyl (C=O) groups is 3. The quantitative estimate of drug-likeness (QED) is 0.448. The first kappa shape index (κ1) is 17.4. The van der Waals surface area contributed by atoms with Gasteiger partial charge in [-0.1, -0.05) is 12.1 Å². The Balaban J connectivity index is 2.85. The van der Waals surface area contributed by atoms with Gasteiger partial charge in [-0.25, -0.2) is 0 Å². The van der Waals surface area contributed by atoms with Crippen LogP contribution in [0.5, 0.6) is 5.75 Å². The second kappa shape index (κ2) is 7.99. The molecular formula is C14H20N4O4. The van der Waals surface area contributed by atoms with E-state index in [2.05, 4.69) is 16.0 Å². The Bertz CT molecular complexity index is 544. The van der Waals surface area contributed by atoms with Gasteiger partial charge in [-0.3, -0.25) is 14.4 Å². The Morgan fingerprint density at radius 3 is 2.18 bits per heavy atom. The van der Waals surface area contributed by atoms with Crippen LogP contribution >= 0.6 is 0 Å². The minimum atomic E-state index is -1.07. The topological polar surface area (TPSA) is 134 Å². The molecule has 22 heavy (non-hydrogen) atoms. The van der Waals surface area contributed by atoms with Gasteiger partial charge in [0.2, 0.25) is 17.7 Å². The van der Waals surface area contributed by atoms with Crippen LogP contribution in [0.1, 0.15) is 18.0 Å². The summed E-state index contributed by atoms with van der Waals surface area (Å²) < 4.78 is 0. The van der Waals surface area contributed by atoms with E-state index < -0.39 is 23.9 Å². The highest BCUT2D eigenvalue weighted by Gasteiger charge is 2.25. The maximum absolute atomic E-state index is 12.0. The summed E-state index contributed by atoms with van der Waals surface area (Å²) in [5, 5.41) is 16.6.